The first-order valence-electron chi connectivity index (χ1n) is 10.5. The molecule has 0 fully saturated rings. The molecule has 0 unspecified atom stereocenters. The van der Waals surface area contributed by atoms with Crippen LogP contribution < -0.4 is 10.1 Å². The average Bonchev–Trinajstić information content (AvgIpc) is 3.28. The van der Waals surface area contributed by atoms with Crippen LogP contribution in [0.25, 0.3) is 0 Å². The molecule has 0 aliphatic heterocycles. The molecule has 32 heavy (non-hydrogen) atoms. The molecule has 0 aliphatic rings. The third-order valence-corrected chi connectivity index (χ3v) is 5.20. The largest absolute Gasteiger partial charge is 0.489 e. The summed E-state index contributed by atoms with van der Waals surface area (Å²) in [5.41, 5.74) is 4.67. The highest BCUT2D eigenvalue weighted by molar-refractivity contribution is 5.91. The van der Waals surface area contributed by atoms with Crippen molar-refractivity contribution in [2.24, 2.45) is 0 Å². The van der Waals surface area contributed by atoms with Gasteiger partial charge in [-0.2, -0.15) is 5.10 Å². The van der Waals surface area contributed by atoms with Crippen LogP contribution >= 0.6 is 0 Å². The normalized spacial score (nSPS) is 10.8. The fraction of sp³-hybridized carbons (Fsp3) is 0.240. The van der Waals surface area contributed by atoms with Crippen molar-refractivity contribution in [3.05, 3.63) is 94.5 Å². The number of nitrogens with one attached hydrogen (secondary N) is 1. The Labute approximate surface area is 187 Å². The van der Waals surface area contributed by atoms with E-state index in [1.165, 1.54) is 0 Å². The molecule has 0 atom stereocenters. The molecular weight excluding hydrogens is 404 g/mol. The number of aromatic nitrogens is 3. The van der Waals surface area contributed by atoms with Crippen LogP contribution in [-0.2, 0) is 24.4 Å². The van der Waals surface area contributed by atoms with E-state index in [4.69, 9.17) is 9.26 Å². The molecule has 2 heterocycles. The Bertz CT molecular complexity index is 1170. The van der Waals surface area contributed by atoms with Gasteiger partial charge < -0.3 is 14.6 Å². The quantitative estimate of drug-likeness (QED) is 0.442. The first kappa shape index (κ1) is 21.4. The van der Waals surface area contributed by atoms with Crippen molar-refractivity contribution in [2.75, 3.05) is 5.32 Å². The lowest BCUT2D eigenvalue weighted by molar-refractivity contribution is -0.115. The predicted molar refractivity (Wildman–Crippen MR) is 122 cm³/mol. The summed E-state index contributed by atoms with van der Waals surface area (Å²) in [5, 5.41) is 11.4. The standard InChI is InChI=1S/C25H26N4O3/c1-17-13-24(29(27-17)15-21-7-5-4-6-8-21)26-25(30)14-20-9-11-22(12-10-20)31-16-23-18(2)28-32-19(23)3/h4-13H,14-16H2,1-3H3,(H,26,30). The highest BCUT2D eigenvalue weighted by Gasteiger charge is 2.12. The van der Waals surface area contributed by atoms with E-state index >= 15 is 0 Å². The maximum absolute atomic E-state index is 12.6. The van der Waals surface area contributed by atoms with Crippen LogP contribution in [0.2, 0.25) is 0 Å². The Balaban J connectivity index is 1.34. The van der Waals surface area contributed by atoms with Gasteiger partial charge in [-0.15, -0.1) is 0 Å². The van der Waals surface area contributed by atoms with E-state index in [1.54, 1.807) is 0 Å². The van der Waals surface area contributed by atoms with E-state index in [-0.39, 0.29) is 12.3 Å². The van der Waals surface area contributed by atoms with Crippen molar-refractivity contribution < 1.29 is 14.1 Å². The van der Waals surface area contributed by atoms with Crippen molar-refractivity contribution in [1.82, 2.24) is 14.9 Å². The first-order chi connectivity index (χ1) is 15.5. The minimum Gasteiger partial charge on any atom is -0.489 e. The minimum atomic E-state index is -0.0939. The lowest BCUT2D eigenvalue weighted by Gasteiger charge is -2.10. The van der Waals surface area contributed by atoms with Crippen LogP contribution in [0.1, 0.15) is 33.8 Å². The van der Waals surface area contributed by atoms with Crippen LogP contribution in [0, 0.1) is 20.8 Å². The number of nitrogens with zero attached hydrogens (tertiary/aromatic N) is 3. The molecule has 0 spiro atoms. The zero-order valence-electron chi connectivity index (χ0n) is 18.5. The minimum absolute atomic E-state index is 0.0939. The zero-order chi connectivity index (χ0) is 22.5. The number of amides is 1. The van der Waals surface area contributed by atoms with E-state index in [0.29, 0.717) is 19.0 Å². The van der Waals surface area contributed by atoms with Crippen LogP contribution in [-0.4, -0.2) is 20.8 Å². The summed E-state index contributed by atoms with van der Waals surface area (Å²) in [5.74, 6) is 2.09. The van der Waals surface area contributed by atoms with Crippen LogP contribution in [0.4, 0.5) is 5.82 Å². The van der Waals surface area contributed by atoms with E-state index in [9.17, 15) is 4.79 Å². The molecule has 1 N–H and O–H groups in total. The molecule has 0 bridgehead atoms. The molecule has 7 nitrogen and oxygen atoms in total. The second-order valence-electron chi connectivity index (χ2n) is 7.77. The Kier molecular flexibility index (Phi) is 6.35. The van der Waals surface area contributed by atoms with Crippen LogP contribution in [0.15, 0.2) is 65.2 Å². The van der Waals surface area contributed by atoms with Gasteiger partial charge in [-0.3, -0.25) is 4.79 Å². The molecule has 0 saturated heterocycles. The summed E-state index contributed by atoms with van der Waals surface area (Å²) in [4.78, 5) is 12.6. The van der Waals surface area contributed by atoms with Crippen molar-refractivity contribution in [3.8, 4) is 5.75 Å². The number of aryl methyl sites for hydroxylation is 3. The molecule has 4 aromatic rings. The van der Waals surface area contributed by atoms with Gasteiger partial charge in [-0.25, -0.2) is 4.68 Å². The number of carbonyl (C=O) groups is 1. The molecular formula is C25H26N4O3. The molecule has 0 aliphatic carbocycles. The maximum atomic E-state index is 12.6. The fourth-order valence-corrected chi connectivity index (χ4v) is 3.46. The number of hydrogen-bond acceptors (Lipinski definition) is 5. The van der Waals surface area contributed by atoms with Gasteiger partial charge in [0.05, 0.1) is 29.9 Å². The topological polar surface area (TPSA) is 82.2 Å². The maximum Gasteiger partial charge on any atom is 0.229 e. The first-order valence-corrected chi connectivity index (χ1v) is 10.5. The second-order valence-corrected chi connectivity index (χ2v) is 7.77. The monoisotopic (exact) mass is 430 g/mol. The molecule has 2 aromatic heterocycles. The Morgan fingerprint density at radius 2 is 1.78 bits per heavy atom. The number of hydrogen-bond donors (Lipinski definition) is 1. The SMILES string of the molecule is Cc1cc(NC(=O)Cc2ccc(OCc3c(C)noc3C)cc2)n(Cc2ccccc2)n1. The van der Waals surface area contributed by atoms with Gasteiger partial charge in [0.2, 0.25) is 5.91 Å². The molecule has 1 amide bonds. The lowest BCUT2D eigenvalue weighted by atomic mass is 10.1. The van der Waals surface area contributed by atoms with Gasteiger partial charge in [0.25, 0.3) is 0 Å². The molecule has 2 aromatic carbocycles. The summed E-state index contributed by atoms with van der Waals surface area (Å²) in [6, 6.07) is 19.5. The van der Waals surface area contributed by atoms with Crippen LogP contribution in [0.5, 0.6) is 5.75 Å². The van der Waals surface area contributed by atoms with Gasteiger partial charge >= 0.3 is 0 Å². The van der Waals surface area contributed by atoms with Gasteiger partial charge in [0.15, 0.2) is 0 Å². The van der Waals surface area contributed by atoms with Crippen molar-refractivity contribution in [1.29, 1.82) is 0 Å². The van der Waals surface area contributed by atoms with Gasteiger partial charge in [0.1, 0.15) is 23.9 Å². The van der Waals surface area contributed by atoms with E-state index in [1.807, 2.05) is 86.1 Å². The fourth-order valence-electron chi connectivity index (χ4n) is 3.46. The third kappa shape index (κ3) is 5.24. The summed E-state index contributed by atoms with van der Waals surface area (Å²) in [6.07, 6.45) is 0.264. The number of carbonyl (C=O) groups excluding carboxylic acids is 1. The smallest absolute Gasteiger partial charge is 0.229 e. The third-order valence-electron chi connectivity index (χ3n) is 5.20. The van der Waals surface area contributed by atoms with Gasteiger partial charge in [0, 0.05) is 6.07 Å². The molecule has 164 valence electrons. The van der Waals surface area contributed by atoms with Gasteiger partial charge in [-0.1, -0.05) is 47.6 Å². The van der Waals surface area contributed by atoms with E-state index < -0.39 is 0 Å². The summed E-state index contributed by atoms with van der Waals surface area (Å²) >= 11 is 0. The summed E-state index contributed by atoms with van der Waals surface area (Å²) < 4.78 is 12.8. The molecule has 4 rings (SSSR count). The van der Waals surface area contributed by atoms with Crippen molar-refractivity contribution in [3.63, 3.8) is 0 Å². The summed E-state index contributed by atoms with van der Waals surface area (Å²) in [6.45, 7) is 6.67. The lowest BCUT2D eigenvalue weighted by Crippen LogP contribution is -2.18. The zero-order valence-corrected chi connectivity index (χ0v) is 18.5. The Morgan fingerprint density at radius 1 is 1.03 bits per heavy atom. The van der Waals surface area contributed by atoms with E-state index in [0.717, 1.165) is 39.6 Å². The predicted octanol–water partition coefficient (Wildman–Crippen LogP) is 4.60. The number of ether oxygens (including phenoxy) is 1. The van der Waals surface area contributed by atoms with Crippen molar-refractivity contribution in [2.45, 2.75) is 40.3 Å². The Hall–Kier alpha value is -3.87. The second kappa shape index (κ2) is 9.51. The molecule has 7 heteroatoms. The van der Waals surface area contributed by atoms with Crippen LogP contribution in [0.3, 0.4) is 0 Å². The number of anilines is 1. The number of benzene rings is 2. The number of rotatable bonds is 8. The highest BCUT2D eigenvalue weighted by atomic mass is 16.5. The summed E-state index contributed by atoms with van der Waals surface area (Å²) in [7, 11) is 0. The van der Waals surface area contributed by atoms with E-state index in [2.05, 4.69) is 15.6 Å². The Morgan fingerprint density at radius 3 is 2.47 bits per heavy atom. The van der Waals surface area contributed by atoms with Gasteiger partial charge in [-0.05, 0) is 44.0 Å². The molecule has 0 saturated carbocycles. The average molecular weight is 431 g/mol. The molecule has 0 radical (unpaired) electrons. The van der Waals surface area contributed by atoms with Crippen molar-refractivity contribution >= 4 is 11.7 Å². The highest BCUT2D eigenvalue weighted by Crippen LogP contribution is 2.19.